The van der Waals surface area contributed by atoms with Gasteiger partial charge in [-0.1, -0.05) is 12.1 Å². The smallest absolute Gasteiger partial charge is 0.379 e. The Kier molecular flexibility index (Phi) is 5.99. The fourth-order valence-electron chi connectivity index (χ4n) is 4.86. The molecule has 35 heavy (non-hydrogen) atoms. The first kappa shape index (κ1) is 23.7. The SMILES string of the molecule is N#Cc1ncc(N2C(=O)C3(CCC3)N(c3ccc(CN4CCOCC4)cc3)C2=S)cc1C(F)(F)F. The summed E-state index contributed by atoms with van der Waals surface area (Å²) < 4.78 is 46.0. The van der Waals surface area contributed by atoms with Crippen molar-refractivity contribution in [3.63, 3.8) is 0 Å². The normalized spacial score (nSPS) is 20.3. The van der Waals surface area contributed by atoms with Crippen LogP contribution in [0.1, 0.15) is 36.1 Å². The summed E-state index contributed by atoms with van der Waals surface area (Å²) in [4.78, 5) is 22.4. The summed E-state index contributed by atoms with van der Waals surface area (Å²) in [6.45, 7) is 3.93. The molecule has 3 aliphatic rings. The molecule has 5 rings (SSSR count). The maximum absolute atomic E-state index is 13.6. The average molecular weight is 502 g/mol. The van der Waals surface area contributed by atoms with Crippen molar-refractivity contribution >= 4 is 34.6 Å². The first-order valence-electron chi connectivity index (χ1n) is 11.3. The largest absolute Gasteiger partial charge is 0.419 e. The van der Waals surface area contributed by atoms with Gasteiger partial charge in [-0.05, 0) is 55.2 Å². The number of ether oxygens (including phenoxy) is 1. The average Bonchev–Trinajstić information content (AvgIpc) is 3.06. The summed E-state index contributed by atoms with van der Waals surface area (Å²) in [5.41, 5.74) is -1.13. The van der Waals surface area contributed by atoms with Gasteiger partial charge in [-0.3, -0.25) is 14.6 Å². The molecule has 2 saturated heterocycles. The second kappa shape index (κ2) is 8.86. The highest BCUT2D eigenvalue weighted by Crippen LogP contribution is 2.48. The molecule has 0 bridgehead atoms. The van der Waals surface area contributed by atoms with E-state index in [2.05, 4.69) is 9.88 Å². The van der Waals surface area contributed by atoms with Crippen molar-refractivity contribution in [3.8, 4) is 6.07 Å². The van der Waals surface area contributed by atoms with E-state index in [1.54, 1.807) is 4.90 Å². The number of nitrogens with zero attached hydrogens (tertiary/aromatic N) is 5. The van der Waals surface area contributed by atoms with E-state index in [9.17, 15) is 18.0 Å². The zero-order valence-corrected chi connectivity index (χ0v) is 19.5. The molecule has 0 radical (unpaired) electrons. The summed E-state index contributed by atoms with van der Waals surface area (Å²) >= 11 is 5.65. The molecule has 1 aromatic carbocycles. The van der Waals surface area contributed by atoms with Crippen molar-refractivity contribution < 1.29 is 22.7 Å². The van der Waals surface area contributed by atoms with Gasteiger partial charge in [-0.25, -0.2) is 4.98 Å². The topological polar surface area (TPSA) is 72.7 Å². The number of alkyl halides is 3. The van der Waals surface area contributed by atoms with Crippen molar-refractivity contribution in [3.05, 3.63) is 53.3 Å². The van der Waals surface area contributed by atoms with E-state index >= 15 is 0 Å². The lowest BCUT2D eigenvalue weighted by atomic mass is 9.75. The van der Waals surface area contributed by atoms with Gasteiger partial charge in [-0.15, -0.1) is 0 Å². The van der Waals surface area contributed by atoms with E-state index in [1.165, 1.54) is 6.07 Å². The number of pyridine rings is 1. The van der Waals surface area contributed by atoms with Gasteiger partial charge >= 0.3 is 6.18 Å². The predicted molar refractivity (Wildman–Crippen MR) is 126 cm³/mol. The highest BCUT2D eigenvalue weighted by molar-refractivity contribution is 7.81. The van der Waals surface area contributed by atoms with E-state index < -0.39 is 23.0 Å². The molecular formula is C24H22F3N5O2S. The van der Waals surface area contributed by atoms with Crippen LogP contribution >= 0.6 is 12.2 Å². The summed E-state index contributed by atoms with van der Waals surface area (Å²) in [5.74, 6) is -0.370. The maximum Gasteiger partial charge on any atom is 0.419 e. The van der Waals surface area contributed by atoms with Gasteiger partial charge < -0.3 is 9.64 Å². The van der Waals surface area contributed by atoms with Gasteiger partial charge in [-0.2, -0.15) is 18.4 Å². The number of thiocarbonyl (C=S) groups is 1. The van der Waals surface area contributed by atoms with Crippen LogP contribution in [0.15, 0.2) is 36.5 Å². The van der Waals surface area contributed by atoms with Gasteiger partial charge in [0.1, 0.15) is 11.6 Å². The molecule has 0 N–H and O–H groups in total. The highest BCUT2D eigenvalue weighted by atomic mass is 32.1. The number of carbonyl (C=O) groups excluding carboxylic acids is 1. The van der Waals surface area contributed by atoms with Gasteiger partial charge in [0.25, 0.3) is 5.91 Å². The van der Waals surface area contributed by atoms with Gasteiger partial charge in [0, 0.05) is 25.3 Å². The Morgan fingerprint density at radius 2 is 1.83 bits per heavy atom. The molecule has 7 nitrogen and oxygen atoms in total. The van der Waals surface area contributed by atoms with Gasteiger partial charge in [0.15, 0.2) is 10.8 Å². The molecule has 3 heterocycles. The lowest BCUT2D eigenvalue weighted by molar-refractivity contribution is -0.138. The minimum absolute atomic E-state index is 0.0935. The Morgan fingerprint density at radius 3 is 2.40 bits per heavy atom. The minimum atomic E-state index is -4.79. The number of amides is 1. The van der Waals surface area contributed by atoms with E-state index in [0.717, 1.165) is 48.8 Å². The molecule has 1 amide bonds. The molecule has 11 heteroatoms. The molecule has 2 aromatic rings. The number of carbonyl (C=O) groups is 1. The van der Waals surface area contributed by atoms with Crippen molar-refractivity contribution in [2.24, 2.45) is 0 Å². The van der Waals surface area contributed by atoms with E-state index in [1.807, 2.05) is 24.3 Å². The zero-order valence-electron chi connectivity index (χ0n) is 18.7. The Labute approximate surface area is 205 Å². The van der Waals surface area contributed by atoms with E-state index in [0.29, 0.717) is 31.7 Å². The van der Waals surface area contributed by atoms with Gasteiger partial charge in [0.05, 0.1) is 30.7 Å². The van der Waals surface area contributed by atoms with Crippen LogP contribution in [0, 0.1) is 11.3 Å². The molecule has 182 valence electrons. The lowest BCUT2D eigenvalue weighted by Crippen LogP contribution is -2.55. The standard InChI is InChI=1S/C24H22F3N5O2S/c25-24(26,27)19-12-18(14-29-20(19)13-28)31-21(33)23(6-1-7-23)32(22(31)35)17-4-2-16(3-5-17)15-30-8-10-34-11-9-30/h2-5,12,14H,1,6-11,15H2. The monoisotopic (exact) mass is 501 g/mol. The second-order valence-corrected chi connectivity index (χ2v) is 9.26. The summed E-state index contributed by atoms with van der Waals surface area (Å²) in [7, 11) is 0. The number of rotatable bonds is 4. The summed E-state index contributed by atoms with van der Waals surface area (Å²) in [6, 6.07) is 10.0. The van der Waals surface area contributed by atoms with Crippen molar-refractivity contribution in [2.75, 3.05) is 36.1 Å². The Bertz CT molecular complexity index is 1200. The number of halogens is 3. The maximum atomic E-state index is 13.6. The first-order valence-corrected chi connectivity index (χ1v) is 11.7. The van der Waals surface area contributed by atoms with Crippen LogP contribution in [0.4, 0.5) is 24.5 Å². The number of nitriles is 1. The van der Waals surface area contributed by atoms with Crippen LogP contribution in [-0.2, 0) is 22.3 Å². The third kappa shape index (κ3) is 4.05. The second-order valence-electron chi connectivity index (χ2n) is 8.90. The van der Waals surface area contributed by atoms with E-state index in [-0.39, 0.29) is 16.7 Å². The fraction of sp³-hybridized carbons (Fsp3) is 0.417. The van der Waals surface area contributed by atoms with Crippen LogP contribution in [0.5, 0.6) is 0 Å². The van der Waals surface area contributed by atoms with Crippen LogP contribution in [0.2, 0.25) is 0 Å². The summed E-state index contributed by atoms with van der Waals surface area (Å²) in [6.07, 6.45) is -1.78. The number of benzene rings is 1. The first-order chi connectivity index (χ1) is 16.7. The molecular weight excluding hydrogens is 479 g/mol. The van der Waals surface area contributed by atoms with Crippen LogP contribution in [-0.4, -0.2) is 52.7 Å². The summed E-state index contributed by atoms with van der Waals surface area (Å²) in [5, 5.41) is 9.16. The molecule has 1 spiro atoms. The van der Waals surface area contributed by atoms with Crippen molar-refractivity contribution in [2.45, 2.75) is 37.5 Å². The third-order valence-electron chi connectivity index (χ3n) is 6.84. The Morgan fingerprint density at radius 1 is 1.14 bits per heavy atom. The number of morpholine rings is 1. The van der Waals surface area contributed by atoms with Crippen LogP contribution in [0.25, 0.3) is 0 Å². The van der Waals surface area contributed by atoms with Gasteiger partial charge in [0.2, 0.25) is 0 Å². The third-order valence-corrected chi connectivity index (χ3v) is 7.20. The van der Waals surface area contributed by atoms with Crippen LogP contribution < -0.4 is 9.80 Å². The molecule has 0 unspecified atom stereocenters. The number of anilines is 2. The molecule has 2 aliphatic heterocycles. The molecule has 3 fully saturated rings. The highest BCUT2D eigenvalue weighted by Gasteiger charge is 2.59. The number of hydrogen-bond donors (Lipinski definition) is 0. The molecule has 1 saturated carbocycles. The Hall–Kier alpha value is -3.07. The molecule has 1 aromatic heterocycles. The molecule has 1 aliphatic carbocycles. The zero-order chi connectivity index (χ0) is 24.8. The predicted octanol–water partition coefficient (Wildman–Crippen LogP) is 3.87. The number of aromatic nitrogens is 1. The van der Waals surface area contributed by atoms with E-state index in [4.69, 9.17) is 22.2 Å². The number of hydrogen-bond acceptors (Lipinski definition) is 6. The minimum Gasteiger partial charge on any atom is -0.379 e. The van der Waals surface area contributed by atoms with Crippen LogP contribution in [0.3, 0.4) is 0 Å². The van der Waals surface area contributed by atoms with Crippen molar-refractivity contribution in [1.29, 1.82) is 5.26 Å². The quantitative estimate of drug-likeness (QED) is 0.589. The van der Waals surface area contributed by atoms with Crippen molar-refractivity contribution in [1.82, 2.24) is 9.88 Å². The fourth-order valence-corrected chi connectivity index (χ4v) is 5.33. The molecule has 0 atom stereocenters. The Balaban J connectivity index is 1.46. The lowest BCUT2D eigenvalue weighted by Gasteiger charge is -2.43.